The minimum absolute atomic E-state index is 0.0823. The highest BCUT2D eigenvalue weighted by Crippen LogP contribution is 2.68. The van der Waals surface area contributed by atoms with Gasteiger partial charge in [-0.25, -0.2) is 28.1 Å². The number of hydrogen-bond donors (Lipinski definition) is 3. The van der Waals surface area contributed by atoms with Crippen LogP contribution < -0.4 is 11.0 Å². The lowest BCUT2D eigenvalue weighted by molar-refractivity contribution is -0.142. The summed E-state index contributed by atoms with van der Waals surface area (Å²) < 4.78 is 104. The molecule has 0 spiro atoms. The number of H-pyrrole nitrogens is 2. The number of rotatable bonds is 8. The van der Waals surface area contributed by atoms with Crippen molar-refractivity contribution in [2.24, 2.45) is 5.92 Å². The van der Waals surface area contributed by atoms with Crippen molar-refractivity contribution in [2.45, 2.75) is 50.4 Å². The van der Waals surface area contributed by atoms with E-state index in [1.165, 1.54) is 4.40 Å². The van der Waals surface area contributed by atoms with Crippen molar-refractivity contribution in [3.63, 3.8) is 0 Å². The molecule has 2 aromatic carbocycles. The molecule has 0 aliphatic heterocycles. The van der Waals surface area contributed by atoms with Gasteiger partial charge in [0, 0.05) is 40.1 Å². The molecule has 3 N–H and O–H groups in total. The lowest BCUT2D eigenvalue weighted by atomic mass is 9.94. The fourth-order valence-corrected chi connectivity index (χ4v) is 7.90. The van der Waals surface area contributed by atoms with E-state index < -0.39 is 76.7 Å². The van der Waals surface area contributed by atoms with Crippen LogP contribution in [0.25, 0.3) is 39.1 Å². The molecule has 17 heteroatoms. The molecule has 7 aromatic rings. The molecule has 280 valence electrons. The molecular weight excluding hydrogens is 733 g/mol. The van der Waals surface area contributed by atoms with Crippen LogP contribution in [0.2, 0.25) is 0 Å². The Kier molecular flexibility index (Phi) is 7.61. The summed E-state index contributed by atoms with van der Waals surface area (Å²) in [6, 6.07) is 17.6. The zero-order valence-corrected chi connectivity index (χ0v) is 28.5. The molecule has 1 fully saturated rings. The minimum atomic E-state index is -5.04. The van der Waals surface area contributed by atoms with Crippen LogP contribution in [0.5, 0.6) is 0 Å². The van der Waals surface area contributed by atoms with Gasteiger partial charge in [-0.3, -0.25) is 9.48 Å². The van der Waals surface area contributed by atoms with Gasteiger partial charge >= 0.3 is 11.9 Å². The number of pyridine rings is 2. The number of benzene rings is 2. The van der Waals surface area contributed by atoms with E-state index in [0.29, 0.717) is 49.9 Å². The van der Waals surface area contributed by atoms with Gasteiger partial charge in [0.15, 0.2) is 11.3 Å². The number of amides is 1. The van der Waals surface area contributed by atoms with Crippen molar-refractivity contribution in [1.29, 1.82) is 0 Å². The second kappa shape index (κ2) is 12.1. The van der Waals surface area contributed by atoms with Gasteiger partial charge in [0.1, 0.15) is 23.9 Å². The second-order valence-corrected chi connectivity index (χ2v) is 13.9. The number of halogens is 7. The van der Waals surface area contributed by atoms with Crippen molar-refractivity contribution in [3.05, 3.63) is 129 Å². The third kappa shape index (κ3) is 5.75. The Bertz CT molecular complexity index is 2730. The van der Waals surface area contributed by atoms with E-state index in [-0.39, 0.29) is 24.1 Å². The molecule has 0 radical (unpaired) electrons. The maximum Gasteiger partial charge on any atom is 0.435 e. The molecule has 2 aliphatic rings. The number of aryl methyl sites for hydroxylation is 1. The molecule has 5 heterocycles. The van der Waals surface area contributed by atoms with E-state index in [9.17, 15) is 31.5 Å². The van der Waals surface area contributed by atoms with E-state index in [2.05, 4.69) is 25.6 Å². The number of hydrogen-bond acceptors (Lipinski definition) is 5. The van der Waals surface area contributed by atoms with Crippen LogP contribution in [0.3, 0.4) is 0 Å². The van der Waals surface area contributed by atoms with Crippen LogP contribution in [0, 0.1) is 24.5 Å². The average molecular weight is 761 g/mol. The summed E-state index contributed by atoms with van der Waals surface area (Å²) in [5.74, 6) is -8.79. The molecule has 1 unspecified atom stereocenters. The molecule has 0 saturated heterocycles. The zero-order valence-electron chi connectivity index (χ0n) is 28.5. The first kappa shape index (κ1) is 34.5. The normalized spacial score (nSPS) is 17.7. The number of carbonyl (C=O) groups is 1. The predicted octanol–water partition coefficient (Wildman–Crippen LogP) is 7.34. The lowest BCUT2D eigenvalue weighted by Crippen LogP contribution is -2.35. The van der Waals surface area contributed by atoms with Crippen molar-refractivity contribution in [3.8, 4) is 22.4 Å². The highest BCUT2D eigenvalue weighted by molar-refractivity contribution is 5.88. The fourth-order valence-electron chi connectivity index (χ4n) is 7.90. The maximum atomic E-state index is 15.4. The molecule has 9 rings (SSSR count). The lowest BCUT2D eigenvalue weighted by Gasteiger charge is -2.23. The van der Waals surface area contributed by atoms with E-state index in [1.54, 1.807) is 31.2 Å². The van der Waals surface area contributed by atoms with Crippen LogP contribution in [-0.2, 0) is 29.9 Å². The van der Waals surface area contributed by atoms with Crippen LogP contribution in [0.15, 0.2) is 77.6 Å². The first-order valence-electron chi connectivity index (χ1n) is 17.1. The van der Waals surface area contributed by atoms with Crippen molar-refractivity contribution in [1.82, 2.24) is 39.7 Å². The Morgan fingerprint density at radius 1 is 1.02 bits per heavy atom. The second-order valence-electron chi connectivity index (χ2n) is 13.9. The van der Waals surface area contributed by atoms with Crippen LogP contribution >= 0.6 is 0 Å². The molecule has 1 amide bonds. The summed E-state index contributed by atoms with van der Waals surface area (Å²) >= 11 is 0. The van der Waals surface area contributed by atoms with Crippen LogP contribution in [0.4, 0.5) is 30.7 Å². The molecule has 2 aliphatic carbocycles. The van der Waals surface area contributed by atoms with Gasteiger partial charge < -0.3 is 10.3 Å². The smallest absolute Gasteiger partial charge is 0.353 e. The van der Waals surface area contributed by atoms with Gasteiger partial charge in [0.2, 0.25) is 5.91 Å². The topological polar surface area (TPSA) is 126 Å². The van der Waals surface area contributed by atoms with E-state index in [1.807, 2.05) is 30.3 Å². The number of aromatic nitrogens is 7. The molecule has 5 aromatic heterocycles. The Morgan fingerprint density at radius 3 is 2.49 bits per heavy atom. The summed E-state index contributed by atoms with van der Waals surface area (Å²) in [5.41, 5.74) is 0.730. The summed E-state index contributed by atoms with van der Waals surface area (Å²) in [5, 5.41) is 12.6. The maximum absolute atomic E-state index is 15.4. The van der Waals surface area contributed by atoms with Crippen LogP contribution in [0.1, 0.15) is 52.3 Å². The zero-order chi connectivity index (χ0) is 38.6. The molecule has 55 heavy (non-hydrogen) atoms. The SMILES string of the molecule is Cc1c(-c2cc3[nH]c(-c4ccccc4)cc3nc2[C@H](Cc2cc(F)cc(F)c2)NC(=O)Cn2nc(C(F)(F)F)c3c2C(F)(F)C2C[C@H]32)ccc2n[nH]c(=O)n12. The third-order valence-electron chi connectivity index (χ3n) is 10.4. The summed E-state index contributed by atoms with van der Waals surface area (Å²) in [7, 11) is 0. The Morgan fingerprint density at radius 2 is 1.76 bits per heavy atom. The van der Waals surface area contributed by atoms with Gasteiger partial charge in [-0.15, -0.1) is 0 Å². The van der Waals surface area contributed by atoms with Crippen molar-refractivity contribution in [2.75, 3.05) is 0 Å². The largest absolute Gasteiger partial charge is 0.435 e. The van der Waals surface area contributed by atoms with Gasteiger partial charge in [0.25, 0.3) is 5.92 Å². The summed E-state index contributed by atoms with van der Waals surface area (Å²) in [4.78, 5) is 34.9. The minimum Gasteiger partial charge on any atom is -0.353 e. The Hall–Kier alpha value is -6.26. The number of aromatic amines is 2. The first-order chi connectivity index (χ1) is 26.2. The molecular formula is C38H27F7N8O2. The standard InChI is InChI=1S/C38H27F7N8O2/c1-17-22(7-8-30-49-50-36(55)53(17)30)23-14-27-28(15-26(46-27)19-5-3-2-4-6-19)48-33(23)29(11-18-9-20(39)12-21(40)10-18)47-31(54)16-52-35-32(34(51-52)38(43,44)45)24-13-25(24)37(35,41)42/h2-10,12,14-15,24-25,29,46H,11,13,16H2,1H3,(H,47,54)(H,50,55)/t24-,25?,29-/m0/s1. The fraction of sp³-hybridized carbons (Fsp3) is 0.237. The van der Waals surface area contributed by atoms with E-state index >= 15 is 8.78 Å². The van der Waals surface area contributed by atoms with Gasteiger partial charge in [-0.1, -0.05) is 30.3 Å². The van der Waals surface area contributed by atoms with Crippen LogP contribution in [-0.4, -0.2) is 40.3 Å². The van der Waals surface area contributed by atoms with E-state index in [4.69, 9.17) is 4.98 Å². The van der Waals surface area contributed by atoms with Gasteiger partial charge in [0.05, 0.1) is 22.8 Å². The Balaban J connectivity index is 1.19. The van der Waals surface area contributed by atoms with Gasteiger partial charge in [-0.2, -0.15) is 32.1 Å². The third-order valence-corrected chi connectivity index (χ3v) is 10.4. The van der Waals surface area contributed by atoms with Crippen molar-refractivity contribution >= 4 is 22.6 Å². The number of alkyl halides is 5. The van der Waals surface area contributed by atoms with Crippen molar-refractivity contribution < 1.29 is 35.5 Å². The molecule has 3 atom stereocenters. The monoisotopic (exact) mass is 760 g/mol. The molecule has 1 saturated carbocycles. The highest BCUT2D eigenvalue weighted by Gasteiger charge is 2.68. The Labute approximate surface area is 305 Å². The number of nitrogens with zero attached hydrogens (tertiary/aromatic N) is 5. The molecule has 10 nitrogen and oxygen atoms in total. The summed E-state index contributed by atoms with van der Waals surface area (Å²) in [6.45, 7) is 0.644. The quantitative estimate of drug-likeness (QED) is 0.140. The average Bonchev–Trinajstić information content (AvgIpc) is 3.35. The predicted molar refractivity (Wildman–Crippen MR) is 184 cm³/mol. The first-order valence-corrected chi connectivity index (χ1v) is 17.1. The molecule has 0 bridgehead atoms. The summed E-state index contributed by atoms with van der Waals surface area (Å²) in [6.07, 6.45) is -5.45. The van der Waals surface area contributed by atoms with E-state index in [0.717, 1.165) is 17.7 Å². The number of carbonyl (C=O) groups excluding carboxylic acids is 1. The highest BCUT2D eigenvalue weighted by atomic mass is 19.4. The van der Waals surface area contributed by atoms with Gasteiger partial charge in [-0.05, 0) is 73.2 Å². The number of nitrogens with one attached hydrogen (secondary N) is 3. The number of fused-ring (bicyclic) bond motifs is 5.